The van der Waals surface area contributed by atoms with E-state index in [9.17, 15) is 24.3 Å². The molecule has 3 N–H and O–H groups in total. The summed E-state index contributed by atoms with van der Waals surface area (Å²) in [5.41, 5.74) is -1.27. The summed E-state index contributed by atoms with van der Waals surface area (Å²) in [5, 5.41) is 18.3. The maximum atomic E-state index is 13.0. The van der Waals surface area contributed by atoms with E-state index in [0.717, 1.165) is 0 Å². The van der Waals surface area contributed by atoms with Gasteiger partial charge in [0.05, 0.1) is 23.6 Å². The first-order valence-electron chi connectivity index (χ1n) is 8.84. The lowest BCUT2D eigenvalue weighted by molar-refractivity contribution is -0.147. The third kappa shape index (κ3) is 4.17. The second-order valence-corrected chi connectivity index (χ2v) is 6.42. The second-order valence-electron chi connectivity index (χ2n) is 6.42. The molecule has 30 heavy (non-hydrogen) atoms. The molecule has 3 aromatic rings. The molecule has 0 saturated heterocycles. The van der Waals surface area contributed by atoms with Crippen molar-refractivity contribution in [1.82, 2.24) is 9.55 Å². The lowest BCUT2D eigenvalue weighted by Gasteiger charge is -2.15. The van der Waals surface area contributed by atoms with Gasteiger partial charge in [-0.2, -0.15) is 0 Å². The minimum Gasteiger partial charge on any atom is -0.490 e. The molecular weight excluding hydrogens is 396 g/mol. The first-order chi connectivity index (χ1) is 14.3. The Morgan fingerprint density at radius 1 is 1.30 bits per heavy atom. The minimum atomic E-state index is -1.87. The van der Waals surface area contributed by atoms with E-state index in [-0.39, 0.29) is 23.9 Å². The number of carboxylic acid groups (broad SMARTS) is 2. The van der Waals surface area contributed by atoms with Gasteiger partial charge < -0.3 is 24.4 Å². The van der Waals surface area contributed by atoms with Crippen LogP contribution >= 0.6 is 0 Å². The third-order valence-corrected chi connectivity index (χ3v) is 4.37. The number of carboxylic acids is 2. The average molecular weight is 414 g/mol. The predicted molar refractivity (Wildman–Crippen MR) is 105 cm³/mol. The van der Waals surface area contributed by atoms with Crippen molar-refractivity contribution in [3.63, 3.8) is 0 Å². The van der Waals surface area contributed by atoms with Gasteiger partial charge in [0.1, 0.15) is 24.2 Å². The van der Waals surface area contributed by atoms with Gasteiger partial charge in [0.25, 0.3) is 5.56 Å². The molecule has 0 bridgehead atoms. The van der Waals surface area contributed by atoms with Crippen LogP contribution in [0.4, 0.5) is 0 Å². The van der Waals surface area contributed by atoms with E-state index in [4.69, 9.17) is 14.3 Å². The van der Waals surface area contributed by atoms with Crippen LogP contribution in [0.15, 0.2) is 57.2 Å². The molecule has 10 heteroatoms. The van der Waals surface area contributed by atoms with Crippen molar-refractivity contribution in [3.05, 3.63) is 75.3 Å². The van der Waals surface area contributed by atoms with Gasteiger partial charge in [0, 0.05) is 6.42 Å². The Balaban J connectivity index is 2.26. The Hall–Kier alpha value is -4.08. The number of H-pyrrole nitrogens is 1. The number of nitrogens with one attached hydrogen (secondary N) is 1. The van der Waals surface area contributed by atoms with Gasteiger partial charge in [-0.25, -0.2) is 14.2 Å². The van der Waals surface area contributed by atoms with Crippen LogP contribution < -0.4 is 16.0 Å². The van der Waals surface area contributed by atoms with Crippen LogP contribution in [0, 0.1) is 0 Å². The number of aliphatic carboxylic acids is 2. The molecule has 1 atom stereocenters. The fourth-order valence-corrected chi connectivity index (χ4v) is 3.09. The van der Waals surface area contributed by atoms with Crippen molar-refractivity contribution < 1.29 is 29.0 Å². The normalized spacial score (nSPS) is 11.9. The lowest BCUT2D eigenvalue weighted by atomic mass is 10.1. The standard InChI is InChI=1S/C20H18N2O8/c1-2-5-29-13-8-11(7-12-4-3-6-30-12)17-14(9-13)18(25)22(20(28)21-17)15(19(26)27)10-16(23)24/h2-4,6,8-9,15H,1,5,7,10H2,(H,21,28)(H,23,24)(H,26,27). The number of ether oxygens (including phenoxy) is 1. The molecule has 2 aromatic heterocycles. The Bertz CT molecular complexity index is 1220. The zero-order valence-electron chi connectivity index (χ0n) is 15.7. The first kappa shape index (κ1) is 20.6. The molecule has 0 spiro atoms. The fourth-order valence-electron chi connectivity index (χ4n) is 3.09. The largest absolute Gasteiger partial charge is 0.490 e. The number of furan rings is 1. The SMILES string of the molecule is C=CCOc1cc(Cc2ccco2)c2[nH]c(=O)n(C(CC(=O)O)C(=O)O)c(=O)c2c1. The Kier molecular flexibility index (Phi) is 5.86. The molecule has 156 valence electrons. The second kappa shape index (κ2) is 8.52. The van der Waals surface area contributed by atoms with E-state index in [0.29, 0.717) is 21.6 Å². The summed E-state index contributed by atoms with van der Waals surface area (Å²) in [5.74, 6) is -2.21. The zero-order valence-corrected chi connectivity index (χ0v) is 15.7. The quantitative estimate of drug-likeness (QED) is 0.446. The summed E-state index contributed by atoms with van der Waals surface area (Å²) < 4.78 is 11.2. The third-order valence-electron chi connectivity index (χ3n) is 4.37. The van der Waals surface area contributed by atoms with E-state index in [1.165, 1.54) is 18.4 Å². The summed E-state index contributed by atoms with van der Waals surface area (Å²) in [7, 11) is 0. The minimum absolute atomic E-state index is 0.0191. The summed E-state index contributed by atoms with van der Waals surface area (Å²) in [6.07, 6.45) is 2.28. The van der Waals surface area contributed by atoms with Crippen LogP contribution in [0.2, 0.25) is 0 Å². The molecule has 10 nitrogen and oxygen atoms in total. The van der Waals surface area contributed by atoms with Crippen LogP contribution in [0.5, 0.6) is 5.75 Å². The van der Waals surface area contributed by atoms with Crippen molar-refractivity contribution in [2.45, 2.75) is 18.9 Å². The van der Waals surface area contributed by atoms with Gasteiger partial charge in [-0.15, -0.1) is 0 Å². The highest BCUT2D eigenvalue weighted by Gasteiger charge is 2.27. The van der Waals surface area contributed by atoms with E-state index in [2.05, 4.69) is 11.6 Å². The highest BCUT2D eigenvalue weighted by molar-refractivity contribution is 5.84. The molecule has 0 aliphatic heterocycles. The van der Waals surface area contributed by atoms with Gasteiger partial charge in [-0.3, -0.25) is 9.59 Å². The van der Waals surface area contributed by atoms with Crippen molar-refractivity contribution in [2.24, 2.45) is 0 Å². The van der Waals surface area contributed by atoms with Crippen molar-refractivity contribution >= 4 is 22.8 Å². The van der Waals surface area contributed by atoms with E-state index >= 15 is 0 Å². The number of aromatic amines is 1. The van der Waals surface area contributed by atoms with E-state index in [1.807, 2.05) is 0 Å². The smallest absolute Gasteiger partial charge is 0.329 e. The van der Waals surface area contributed by atoms with Gasteiger partial charge in [0.2, 0.25) is 0 Å². The number of hydrogen-bond donors (Lipinski definition) is 3. The van der Waals surface area contributed by atoms with Crippen LogP contribution in [0.1, 0.15) is 23.8 Å². The lowest BCUT2D eigenvalue weighted by Crippen LogP contribution is -2.42. The molecule has 0 saturated carbocycles. The molecule has 0 radical (unpaired) electrons. The number of carbonyl (C=O) groups is 2. The average Bonchev–Trinajstić information content (AvgIpc) is 3.19. The first-order valence-corrected chi connectivity index (χ1v) is 8.84. The van der Waals surface area contributed by atoms with Crippen molar-refractivity contribution in [2.75, 3.05) is 6.61 Å². The molecule has 0 aliphatic carbocycles. The van der Waals surface area contributed by atoms with Crippen molar-refractivity contribution in [1.29, 1.82) is 0 Å². The molecule has 1 aromatic carbocycles. The van der Waals surface area contributed by atoms with Gasteiger partial charge in [-0.1, -0.05) is 12.7 Å². The van der Waals surface area contributed by atoms with Gasteiger partial charge in [0.15, 0.2) is 0 Å². The van der Waals surface area contributed by atoms with E-state index in [1.54, 1.807) is 18.2 Å². The summed E-state index contributed by atoms with van der Waals surface area (Å²) in [6, 6.07) is 4.53. The van der Waals surface area contributed by atoms with Crippen LogP contribution in [-0.2, 0) is 16.0 Å². The molecular formula is C20H18N2O8. The molecule has 0 amide bonds. The highest BCUT2D eigenvalue weighted by Crippen LogP contribution is 2.24. The topological polar surface area (TPSA) is 152 Å². The van der Waals surface area contributed by atoms with Crippen molar-refractivity contribution in [3.8, 4) is 5.75 Å². The Morgan fingerprint density at radius 3 is 2.67 bits per heavy atom. The number of rotatable bonds is 9. The van der Waals surface area contributed by atoms with Crippen LogP contribution in [0.25, 0.3) is 10.9 Å². The molecule has 0 fully saturated rings. The summed E-state index contributed by atoms with van der Waals surface area (Å²) in [4.78, 5) is 50.7. The predicted octanol–water partition coefficient (Wildman–Crippen LogP) is 1.54. The molecule has 1 unspecified atom stereocenters. The van der Waals surface area contributed by atoms with Crippen LogP contribution in [-0.4, -0.2) is 38.3 Å². The number of benzene rings is 1. The molecule has 0 aliphatic rings. The number of aromatic nitrogens is 2. The molecule has 2 heterocycles. The Labute approximate surface area is 168 Å². The monoisotopic (exact) mass is 414 g/mol. The fraction of sp³-hybridized carbons (Fsp3) is 0.200. The Morgan fingerprint density at radius 2 is 2.07 bits per heavy atom. The maximum Gasteiger partial charge on any atom is 0.329 e. The van der Waals surface area contributed by atoms with Gasteiger partial charge >= 0.3 is 17.6 Å². The number of fused-ring (bicyclic) bond motifs is 1. The van der Waals surface area contributed by atoms with Gasteiger partial charge in [-0.05, 0) is 29.8 Å². The number of hydrogen-bond acceptors (Lipinski definition) is 6. The maximum absolute atomic E-state index is 13.0. The number of nitrogens with zero attached hydrogens (tertiary/aromatic N) is 1. The van der Waals surface area contributed by atoms with Crippen LogP contribution in [0.3, 0.4) is 0 Å². The highest BCUT2D eigenvalue weighted by atomic mass is 16.5. The summed E-state index contributed by atoms with van der Waals surface area (Å²) >= 11 is 0. The zero-order chi connectivity index (χ0) is 21.8. The summed E-state index contributed by atoms with van der Waals surface area (Å²) in [6.45, 7) is 3.71. The molecule has 3 rings (SSSR count). The van der Waals surface area contributed by atoms with E-state index < -0.39 is 35.7 Å².